The Hall–Kier alpha value is -1.21. The smallest absolute Gasteiger partial charge is 0.316 e. The summed E-state index contributed by atoms with van der Waals surface area (Å²) in [6, 6.07) is 10.1. The average molecular weight is 454 g/mol. The van der Waals surface area contributed by atoms with Crippen LogP contribution in [-0.4, -0.2) is 43.2 Å². The predicted octanol–water partition coefficient (Wildman–Crippen LogP) is 5.58. The fourth-order valence-electron chi connectivity index (χ4n) is 2.31. The van der Waals surface area contributed by atoms with E-state index in [1.807, 2.05) is 0 Å². The van der Waals surface area contributed by atoms with Crippen molar-refractivity contribution >= 4 is 91.3 Å². The molecular formula is C18H12Cl4MgN2O2. The molecule has 0 saturated heterocycles. The molecule has 9 heteroatoms. The molecule has 27 heavy (non-hydrogen) atoms. The Labute approximate surface area is 190 Å². The van der Waals surface area contributed by atoms with Crippen LogP contribution in [-0.2, 0) is 0 Å². The first-order valence-electron chi connectivity index (χ1n) is 7.23. The van der Waals surface area contributed by atoms with Gasteiger partial charge in [-0.15, -0.1) is 0 Å². The Kier molecular flexibility index (Phi) is 7.62. The second kappa shape index (κ2) is 9.32. The summed E-state index contributed by atoms with van der Waals surface area (Å²) in [7, 11) is 0. The van der Waals surface area contributed by atoms with E-state index in [1.165, 1.54) is 12.1 Å². The molecule has 2 aromatic carbocycles. The van der Waals surface area contributed by atoms with Crippen molar-refractivity contribution in [2.75, 3.05) is 0 Å². The molecule has 0 bridgehead atoms. The number of fused-ring (bicyclic) bond motifs is 2. The van der Waals surface area contributed by atoms with Crippen LogP contribution < -0.4 is 0 Å². The lowest BCUT2D eigenvalue weighted by Crippen LogP contribution is -1.80. The molecule has 136 valence electrons. The van der Waals surface area contributed by atoms with Gasteiger partial charge in [-0.05, 0) is 36.4 Å². The van der Waals surface area contributed by atoms with Crippen LogP contribution in [0.25, 0.3) is 21.8 Å². The largest absolute Gasteiger partial charge is 0.504 e. The molecule has 4 aromatic rings. The number of phenols is 2. The molecule has 4 nitrogen and oxygen atoms in total. The Morgan fingerprint density at radius 3 is 1.37 bits per heavy atom. The van der Waals surface area contributed by atoms with Crippen molar-refractivity contribution in [3.05, 3.63) is 68.9 Å². The van der Waals surface area contributed by atoms with Gasteiger partial charge < -0.3 is 10.2 Å². The molecule has 2 N–H and O–H groups in total. The minimum Gasteiger partial charge on any atom is -0.504 e. The minimum atomic E-state index is -0.0262. The van der Waals surface area contributed by atoms with Crippen molar-refractivity contribution in [3.63, 3.8) is 0 Å². The quantitative estimate of drug-likeness (QED) is 0.341. The monoisotopic (exact) mass is 452 g/mol. The van der Waals surface area contributed by atoms with Crippen LogP contribution >= 0.6 is 46.4 Å². The molecule has 0 amide bonds. The Balaban J connectivity index is 0.000000187. The van der Waals surface area contributed by atoms with Crippen molar-refractivity contribution in [2.24, 2.45) is 0 Å². The van der Waals surface area contributed by atoms with E-state index in [2.05, 4.69) is 9.97 Å². The molecule has 0 aliphatic rings. The van der Waals surface area contributed by atoms with Crippen LogP contribution in [0.4, 0.5) is 0 Å². The maximum absolute atomic E-state index is 9.53. The molecule has 4 rings (SSSR count). The Morgan fingerprint density at radius 1 is 0.630 bits per heavy atom. The zero-order valence-electron chi connectivity index (χ0n) is 12.9. The number of pyridine rings is 2. The summed E-state index contributed by atoms with van der Waals surface area (Å²) in [4.78, 5) is 7.97. The van der Waals surface area contributed by atoms with Gasteiger partial charge in [-0.1, -0.05) is 46.4 Å². The van der Waals surface area contributed by atoms with E-state index < -0.39 is 0 Å². The SMILES string of the molecule is Oc1c(Cl)cc(Cl)c2cccnc12.Oc1c(Cl)cc(Cl)c2cccnc12.[MgH2]. The fourth-order valence-corrected chi connectivity index (χ4v) is 3.35. The highest BCUT2D eigenvalue weighted by molar-refractivity contribution is 6.40. The third kappa shape index (κ3) is 4.62. The van der Waals surface area contributed by atoms with Crippen molar-refractivity contribution in [1.82, 2.24) is 9.97 Å². The van der Waals surface area contributed by atoms with Gasteiger partial charge in [0.2, 0.25) is 0 Å². The molecule has 0 aliphatic carbocycles. The van der Waals surface area contributed by atoms with E-state index in [4.69, 9.17) is 46.4 Å². The van der Waals surface area contributed by atoms with Crippen molar-refractivity contribution in [3.8, 4) is 11.5 Å². The summed E-state index contributed by atoms with van der Waals surface area (Å²) in [5, 5.41) is 21.9. The summed E-state index contributed by atoms with van der Waals surface area (Å²) >= 11 is 23.2. The first kappa shape index (κ1) is 22.1. The van der Waals surface area contributed by atoms with Crippen LogP contribution in [0.2, 0.25) is 20.1 Å². The molecule has 0 unspecified atom stereocenters. The van der Waals surface area contributed by atoms with Crippen LogP contribution in [0.15, 0.2) is 48.8 Å². The third-order valence-corrected chi connectivity index (χ3v) is 4.74. The lowest BCUT2D eigenvalue weighted by atomic mass is 10.2. The van der Waals surface area contributed by atoms with Gasteiger partial charge in [0.15, 0.2) is 11.5 Å². The number of nitrogens with zero attached hydrogens (tertiary/aromatic N) is 2. The molecule has 0 saturated carbocycles. The lowest BCUT2D eigenvalue weighted by molar-refractivity contribution is 0.480. The first-order chi connectivity index (χ1) is 12.4. The number of hydrogen-bond acceptors (Lipinski definition) is 4. The molecule has 0 fully saturated rings. The normalized spacial score (nSPS) is 10.2. The summed E-state index contributed by atoms with van der Waals surface area (Å²) in [6.07, 6.45) is 3.16. The van der Waals surface area contributed by atoms with Gasteiger partial charge in [-0.25, -0.2) is 0 Å². The van der Waals surface area contributed by atoms with Gasteiger partial charge >= 0.3 is 23.1 Å². The number of aromatic nitrogens is 2. The molecule has 0 atom stereocenters. The number of benzene rings is 2. The second-order valence-corrected chi connectivity index (χ2v) is 6.81. The van der Waals surface area contributed by atoms with E-state index in [9.17, 15) is 10.2 Å². The Bertz CT molecular complexity index is 1040. The van der Waals surface area contributed by atoms with Gasteiger partial charge in [0, 0.05) is 23.2 Å². The predicted molar refractivity (Wildman–Crippen MR) is 115 cm³/mol. The van der Waals surface area contributed by atoms with Crippen molar-refractivity contribution < 1.29 is 10.2 Å². The molecule has 0 radical (unpaired) electrons. The van der Waals surface area contributed by atoms with Gasteiger partial charge in [-0.3, -0.25) is 9.97 Å². The van der Waals surface area contributed by atoms with E-state index in [0.717, 1.165) is 0 Å². The van der Waals surface area contributed by atoms with Gasteiger partial charge in [0.1, 0.15) is 11.0 Å². The lowest BCUT2D eigenvalue weighted by Gasteiger charge is -2.03. The van der Waals surface area contributed by atoms with Gasteiger partial charge in [-0.2, -0.15) is 0 Å². The topological polar surface area (TPSA) is 66.2 Å². The van der Waals surface area contributed by atoms with Gasteiger partial charge in [0.05, 0.1) is 20.1 Å². The molecule has 0 aliphatic heterocycles. The highest BCUT2D eigenvalue weighted by Gasteiger charge is 2.09. The summed E-state index contributed by atoms with van der Waals surface area (Å²) in [5.74, 6) is -0.0525. The van der Waals surface area contributed by atoms with Crippen molar-refractivity contribution in [2.45, 2.75) is 0 Å². The molecule has 2 heterocycles. The average Bonchev–Trinajstić information content (AvgIpc) is 2.65. The minimum absolute atomic E-state index is 0. The zero-order chi connectivity index (χ0) is 18.8. The maximum Gasteiger partial charge on any atom is 0.316 e. The molecular weight excluding hydrogens is 442 g/mol. The Morgan fingerprint density at radius 2 is 1.00 bits per heavy atom. The van der Waals surface area contributed by atoms with E-state index >= 15 is 0 Å². The zero-order valence-corrected chi connectivity index (χ0v) is 15.9. The number of phenolic OH excluding ortho intramolecular Hbond substituents is 2. The highest BCUT2D eigenvalue weighted by atomic mass is 35.5. The van der Waals surface area contributed by atoms with Crippen LogP contribution in [0.1, 0.15) is 0 Å². The standard InChI is InChI=1S/2C9H5Cl2NO.Mg.2H/c2*10-6-4-7(11)9(13)8-5(6)2-1-3-12-8;;;/h2*1-4,13H;;;. The highest BCUT2D eigenvalue weighted by Crippen LogP contribution is 2.36. The molecule has 0 spiro atoms. The summed E-state index contributed by atoms with van der Waals surface area (Å²) < 4.78 is 0. The van der Waals surface area contributed by atoms with Gasteiger partial charge in [0.25, 0.3) is 0 Å². The summed E-state index contributed by atoms with van der Waals surface area (Å²) in [5.41, 5.74) is 0.861. The van der Waals surface area contributed by atoms with Crippen LogP contribution in [0, 0.1) is 0 Å². The van der Waals surface area contributed by atoms with Crippen molar-refractivity contribution in [1.29, 1.82) is 0 Å². The van der Waals surface area contributed by atoms with Crippen LogP contribution in [0.3, 0.4) is 0 Å². The summed E-state index contributed by atoms with van der Waals surface area (Å²) in [6.45, 7) is 0. The number of rotatable bonds is 0. The maximum atomic E-state index is 9.53. The van der Waals surface area contributed by atoms with Crippen LogP contribution in [0.5, 0.6) is 11.5 Å². The fraction of sp³-hybridized carbons (Fsp3) is 0. The third-order valence-electron chi connectivity index (χ3n) is 3.54. The second-order valence-electron chi connectivity index (χ2n) is 5.18. The van der Waals surface area contributed by atoms with E-state index in [1.54, 1.807) is 36.7 Å². The molecule has 2 aromatic heterocycles. The van der Waals surface area contributed by atoms with E-state index in [0.29, 0.717) is 31.9 Å². The first-order valence-corrected chi connectivity index (χ1v) is 8.74. The number of halogens is 4. The van der Waals surface area contributed by atoms with E-state index in [-0.39, 0.29) is 44.6 Å². The number of hydrogen-bond donors (Lipinski definition) is 2. The number of aromatic hydroxyl groups is 2.